The highest BCUT2D eigenvalue weighted by Gasteiger charge is 2.55. The number of benzene rings is 2. The highest BCUT2D eigenvalue weighted by atomic mass is 16.5. The molecule has 3 aromatic rings. The van der Waals surface area contributed by atoms with Gasteiger partial charge in [-0.1, -0.05) is 42.5 Å². The van der Waals surface area contributed by atoms with Crippen molar-refractivity contribution in [3.8, 4) is 11.5 Å². The van der Waals surface area contributed by atoms with Gasteiger partial charge in [-0.15, -0.1) is 0 Å². The van der Waals surface area contributed by atoms with E-state index in [9.17, 15) is 19.2 Å². The number of methoxy groups -OCH3 is 2. The number of nitrogens with one attached hydrogen (secondary N) is 1. The standard InChI is InChI=1S/C32H34N4O6/c1-41-25-12-11-23(27(14-25)42-2)15-32(29(38)33-31(40)36(30(32)39)17-21-7-4-3-5-8-21)20-34-16-22-13-24(19-34)26-9-6-10-28(37)35(26)18-22/h3-12,14,22,24H,13,15-20H2,1-2H3,(H,33,38,40)/t22-,24-,32+/m0/s1. The number of ether oxygens (including phenoxy) is 2. The summed E-state index contributed by atoms with van der Waals surface area (Å²) in [5.74, 6) is 0.222. The van der Waals surface area contributed by atoms with Crippen molar-refractivity contribution >= 4 is 17.8 Å². The molecule has 10 nitrogen and oxygen atoms in total. The maximum Gasteiger partial charge on any atom is 0.331 e. The van der Waals surface area contributed by atoms with Crippen molar-refractivity contribution in [1.29, 1.82) is 0 Å². The van der Waals surface area contributed by atoms with Crippen LogP contribution in [0.5, 0.6) is 11.5 Å². The van der Waals surface area contributed by atoms with Crippen molar-refractivity contribution in [3.05, 3.63) is 93.9 Å². The number of fused-ring (bicyclic) bond motifs is 4. The lowest BCUT2D eigenvalue weighted by Gasteiger charge is -2.47. The first-order chi connectivity index (χ1) is 20.3. The first kappa shape index (κ1) is 27.7. The lowest BCUT2D eigenvalue weighted by molar-refractivity contribution is -0.154. The molecule has 2 saturated heterocycles. The average Bonchev–Trinajstić information content (AvgIpc) is 2.99. The summed E-state index contributed by atoms with van der Waals surface area (Å²) in [6, 6.07) is 19.2. The Labute approximate surface area is 243 Å². The summed E-state index contributed by atoms with van der Waals surface area (Å²) < 4.78 is 12.8. The van der Waals surface area contributed by atoms with Crippen LogP contribution in [0.2, 0.25) is 0 Å². The second-order valence-electron chi connectivity index (χ2n) is 11.5. The fourth-order valence-electron chi connectivity index (χ4n) is 6.82. The Morgan fingerprint density at radius 1 is 0.905 bits per heavy atom. The summed E-state index contributed by atoms with van der Waals surface area (Å²) in [5.41, 5.74) is 0.822. The number of aromatic nitrogens is 1. The molecule has 0 spiro atoms. The van der Waals surface area contributed by atoms with Crippen molar-refractivity contribution in [3.63, 3.8) is 0 Å². The van der Waals surface area contributed by atoms with E-state index in [1.807, 2.05) is 41.0 Å². The first-order valence-corrected chi connectivity index (χ1v) is 14.2. The molecule has 0 saturated carbocycles. The van der Waals surface area contributed by atoms with Gasteiger partial charge in [0.15, 0.2) is 0 Å². The molecular formula is C32H34N4O6. The number of pyridine rings is 1. The number of barbiturate groups is 1. The van der Waals surface area contributed by atoms with Crippen molar-refractivity contribution in [2.24, 2.45) is 11.3 Å². The highest BCUT2D eigenvalue weighted by molar-refractivity contribution is 6.19. The van der Waals surface area contributed by atoms with Crippen LogP contribution in [-0.2, 0) is 29.1 Å². The molecule has 0 unspecified atom stereocenters. The molecular weight excluding hydrogens is 536 g/mol. The van der Waals surface area contributed by atoms with Crippen LogP contribution < -0.4 is 20.3 Å². The summed E-state index contributed by atoms with van der Waals surface area (Å²) in [7, 11) is 3.09. The number of piperidine rings is 1. The SMILES string of the molecule is COc1ccc(C[C@@]2(CN3C[C@@H]4C[C@@H](C3)c3cccc(=O)n3C4)C(=O)NC(=O)N(Cc3ccccc3)C2=O)c(OC)c1. The number of amides is 4. The zero-order chi connectivity index (χ0) is 29.4. The van der Waals surface area contributed by atoms with E-state index >= 15 is 0 Å². The molecule has 4 amide bonds. The van der Waals surface area contributed by atoms with Crippen molar-refractivity contribution < 1.29 is 23.9 Å². The van der Waals surface area contributed by atoms with Gasteiger partial charge in [-0.3, -0.25) is 24.6 Å². The van der Waals surface area contributed by atoms with Crippen molar-refractivity contribution in [1.82, 2.24) is 19.7 Å². The molecule has 42 heavy (non-hydrogen) atoms. The summed E-state index contributed by atoms with van der Waals surface area (Å²) >= 11 is 0. The summed E-state index contributed by atoms with van der Waals surface area (Å²) in [5, 5.41) is 2.50. The van der Waals surface area contributed by atoms with E-state index < -0.39 is 23.3 Å². The monoisotopic (exact) mass is 570 g/mol. The molecule has 3 aliphatic rings. The third-order valence-electron chi connectivity index (χ3n) is 8.77. The zero-order valence-electron chi connectivity index (χ0n) is 23.7. The van der Waals surface area contributed by atoms with E-state index in [0.717, 1.165) is 22.6 Å². The minimum atomic E-state index is -1.59. The van der Waals surface area contributed by atoms with Gasteiger partial charge in [-0.05, 0) is 35.6 Å². The largest absolute Gasteiger partial charge is 0.497 e. The lowest BCUT2D eigenvalue weighted by Crippen LogP contribution is -2.67. The number of nitrogens with zero attached hydrogens (tertiary/aromatic N) is 3. The summed E-state index contributed by atoms with van der Waals surface area (Å²) in [6.45, 7) is 1.98. The maximum atomic E-state index is 14.5. The fourth-order valence-corrected chi connectivity index (χ4v) is 6.82. The molecule has 10 heteroatoms. The molecule has 4 heterocycles. The number of hydrogen-bond donors (Lipinski definition) is 1. The fraction of sp³-hybridized carbons (Fsp3) is 0.375. The van der Waals surface area contributed by atoms with Crippen LogP contribution in [0.1, 0.15) is 29.2 Å². The number of likely N-dealkylation sites (tertiary alicyclic amines) is 1. The van der Waals surface area contributed by atoms with E-state index in [1.54, 1.807) is 37.4 Å². The van der Waals surface area contributed by atoms with Crippen LogP contribution >= 0.6 is 0 Å². The molecule has 1 N–H and O–H groups in total. The third-order valence-corrected chi connectivity index (χ3v) is 8.77. The van der Waals surface area contributed by atoms with Crippen LogP contribution in [0.15, 0.2) is 71.5 Å². The molecule has 2 aromatic carbocycles. The predicted octanol–water partition coefficient (Wildman–Crippen LogP) is 2.79. The molecule has 3 aliphatic heterocycles. The Bertz CT molecular complexity index is 1590. The normalized spacial score (nSPS) is 23.8. The minimum absolute atomic E-state index is 0.00405. The quantitative estimate of drug-likeness (QED) is 0.415. The molecule has 2 fully saturated rings. The number of carbonyl (C=O) groups is 3. The van der Waals surface area contributed by atoms with E-state index in [-0.39, 0.29) is 36.9 Å². The predicted molar refractivity (Wildman–Crippen MR) is 154 cm³/mol. The zero-order valence-corrected chi connectivity index (χ0v) is 23.7. The van der Waals surface area contributed by atoms with Gasteiger partial charge in [-0.2, -0.15) is 0 Å². The van der Waals surface area contributed by atoms with Gasteiger partial charge in [0.1, 0.15) is 16.9 Å². The molecule has 218 valence electrons. The number of carbonyl (C=O) groups excluding carboxylic acids is 3. The van der Waals surface area contributed by atoms with Crippen LogP contribution in [-0.4, -0.2) is 66.1 Å². The molecule has 3 atom stereocenters. The van der Waals surface area contributed by atoms with Crippen LogP contribution in [0.3, 0.4) is 0 Å². The van der Waals surface area contributed by atoms with E-state index in [4.69, 9.17) is 9.47 Å². The Balaban J connectivity index is 1.38. The summed E-state index contributed by atoms with van der Waals surface area (Å²) in [6.07, 6.45) is 0.975. The Morgan fingerprint density at radius 2 is 1.71 bits per heavy atom. The van der Waals surface area contributed by atoms with Gasteiger partial charge in [-0.25, -0.2) is 4.79 Å². The van der Waals surface area contributed by atoms with E-state index in [1.165, 1.54) is 7.11 Å². The molecule has 2 bridgehead atoms. The second-order valence-corrected chi connectivity index (χ2v) is 11.5. The van der Waals surface area contributed by atoms with Crippen LogP contribution in [0.4, 0.5) is 4.79 Å². The van der Waals surface area contributed by atoms with Crippen LogP contribution in [0, 0.1) is 11.3 Å². The molecule has 6 rings (SSSR count). The molecule has 1 aromatic heterocycles. The molecule has 0 radical (unpaired) electrons. The third kappa shape index (κ3) is 4.96. The van der Waals surface area contributed by atoms with Gasteiger partial charge in [0, 0.05) is 56.3 Å². The van der Waals surface area contributed by atoms with Gasteiger partial charge in [0.2, 0.25) is 11.8 Å². The highest BCUT2D eigenvalue weighted by Crippen LogP contribution is 2.40. The van der Waals surface area contributed by atoms with Crippen molar-refractivity contribution in [2.75, 3.05) is 33.9 Å². The lowest BCUT2D eigenvalue weighted by atomic mass is 9.75. The first-order valence-electron chi connectivity index (χ1n) is 14.2. The Hall–Kier alpha value is -4.44. The van der Waals surface area contributed by atoms with Gasteiger partial charge < -0.3 is 18.9 Å². The minimum Gasteiger partial charge on any atom is -0.497 e. The van der Waals surface area contributed by atoms with Crippen LogP contribution in [0.25, 0.3) is 0 Å². The average molecular weight is 571 g/mol. The smallest absolute Gasteiger partial charge is 0.331 e. The summed E-state index contributed by atoms with van der Waals surface area (Å²) in [4.78, 5) is 57.3. The number of rotatable bonds is 8. The maximum absolute atomic E-state index is 14.5. The van der Waals surface area contributed by atoms with E-state index in [2.05, 4.69) is 10.2 Å². The molecule has 0 aliphatic carbocycles. The Kier molecular flexibility index (Phi) is 7.32. The van der Waals surface area contributed by atoms with Crippen molar-refractivity contribution in [2.45, 2.75) is 31.8 Å². The number of imide groups is 2. The number of hydrogen-bond acceptors (Lipinski definition) is 7. The van der Waals surface area contributed by atoms with Gasteiger partial charge >= 0.3 is 6.03 Å². The van der Waals surface area contributed by atoms with Gasteiger partial charge in [0.05, 0.1) is 20.8 Å². The number of urea groups is 1. The second kappa shape index (κ2) is 11.1. The topological polar surface area (TPSA) is 110 Å². The van der Waals surface area contributed by atoms with E-state index in [0.29, 0.717) is 36.7 Å². The Morgan fingerprint density at radius 3 is 2.48 bits per heavy atom. The van der Waals surface area contributed by atoms with Gasteiger partial charge in [0.25, 0.3) is 5.56 Å².